The Labute approximate surface area is 191 Å². The average molecular weight is 437 g/mol. The van der Waals surface area contributed by atoms with Crippen LogP contribution in [0.5, 0.6) is 0 Å². The highest BCUT2D eigenvalue weighted by atomic mass is 16.2. The molecule has 164 valence electrons. The van der Waals surface area contributed by atoms with Crippen molar-refractivity contribution in [2.24, 2.45) is 11.8 Å². The number of amides is 3. The summed E-state index contributed by atoms with van der Waals surface area (Å²) in [5.74, 6) is -1.86. The summed E-state index contributed by atoms with van der Waals surface area (Å²) in [5.41, 5.74) is 2.11. The number of rotatable bonds is 1. The highest BCUT2D eigenvalue weighted by Gasteiger charge is 2.74. The molecule has 0 radical (unpaired) electrons. The van der Waals surface area contributed by atoms with Crippen molar-refractivity contribution < 1.29 is 14.4 Å². The van der Waals surface area contributed by atoms with Crippen molar-refractivity contribution in [2.45, 2.75) is 31.3 Å². The Morgan fingerprint density at radius 3 is 2.67 bits per heavy atom. The number of fused-ring (bicyclic) bond motifs is 8. The van der Waals surface area contributed by atoms with E-state index in [-0.39, 0.29) is 23.8 Å². The fourth-order valence-electron chi connectivity index (χ4n) is 6.96. The summed E-state index contributed by atoms with van der Waals surface area (Å²) in [6.07, 6.45) is 1.74. The maximum Gasteiger partial charge on any atom is 0.250 e. The number of carbonyl (C=O) groups excluding carboxylic acids is 3. The molecule has 6 nitrogen and oxygen atoms in total. The van der Waals surface area contributed by atoms with Crippen LogP contribution < -0.4 is 10.2 Å². The van der Waals surface area contributed by atoms with Gasteiger partial charge in [0.15, 0.2) is 0 Å². The minimum atomic E-state index is -1.13. The number of nitrogens with one attached hydrogen (secondary N) is 1. The van der Waals surface area contributed by atoms with Gasteiger partial charge < -0.3 is 5.32 Å². The molecule has 3 fully saturated rings. The monoisotopic (exact) mass is 437 g/mol. The summed E-state index contributed by atoms with van der Waals surface area (Å²) in [6, 6.07) is 19.3. The normalized spacial score (nSPS) is 30.3. The van der Waals surface area contributed by atoms with Crippen LogP contribution in [0.1, 0.15) is 24.0 Å². The molecule has 1 N–H and O–H groups in total. The van der Waals surface area contributed by atoms with Crippen LogP contribution in [0, 0.1) is 18.8 Å². The number of hydrogen-bond acceptors (Lipinski definition) is 4. The lowest BCUT2D eigenvalue weighted by Crippen LogP contribution is -2.54. The second-order valence-corrected chi connectivity index (χ2v) is 9.69. The van der Waals surface area contributed by atoms with Gasteiger partial charge in [0.1, 0.15) is 5.54 Å². The number of aryl methyl sites for hydroxylation is 1. The summed E-state index contributed by atoms with van der Waals surface area (Å²) in [5, 5.41) is 4.88. The lowest BCUT2D eigenvalue weighted by Gasteiger charge is -2.36. The average Bonchev–Trinajstić information content (AvgIpc) is 3.52. The van der Waals surface area contributed by atoms with E-state index < -0.39 is 17.4 Å². The van der Waals surface area contributed by atoms with Gasteiger partial charge in [0.25, 0.3) is 0 Å². The van der Waals surface area contributed by atoms with Gasteiger partial charge in [-0.05, 0) is 43.8 Å². The first-order valence-electron chi connectivity index (χ1n) is 11.6. The molecule has 3 saturated heterocycles. The highest BCUT2D eigenvalue weighted by Crippen LogP contribution is 2.61. The molecular weight excluding hydrogens is 414 g/mol. The molecule has 33 heavy (non-hydrogen) atoms. The molecule has 6 heteroatoms. The van der Waals surface area contributed by atoms with E-state index in [0.29, 0.717) is 12.2 Å². The topological polar surface area (TPSA) is 69.7 Å². The molecule has 4 atom stereocenters. The van der Waals surface area contributed by atoms with E-state index in [1.807, 2.05) is 67.6 Å². The quantitative estimate of drug-likeness (QED) is 0.591. The molecule has 0 saturated carbocycles. The Balaban J connectivity index is 1.46. The van der Waals surface area contributed by atoms with Crippen LogP contribution in [0.4, 0.5) is 11.4 Å². The molecule has 0 bridgehead atoms. The molecule has 0 aromatic heterocycles. The van der Waals surface area contributed by atoms with E-state index in [4.69, 9.17) is 0 Å². The van der Waals surface area contributed by atoms with Gasteiger partial charge in [0, 0.05) is 22.7 Å². The van der Waals surface area contributed by atoms with E-state index in [0.717, 1.165) is 40.4 Å². The molecule has 4 heterocycles. The second-order valence-electron chi connectivity index (χ2n) is 9.69. The molecule has 0 unspecified atom stereocenters. The van der Waals surface area contributed by atoms with Gasteiger partial charge in [-0.2, -0.15) is 0 Å². The number of imide groups is 1. The summed E-state index contributed by atoms with van der Waals surface area (Å²) in [7, 11) is 0. The third kappa shape index (κ3) is 2.15. The first-order valence-corrected chi connectivity index (χ1v) is 11.6. The summed E-state index contributed by atoms with van der Waals surface area (Å²) >= 11 is 0. The van der Waals surface area contributed by atoms with Gasteiger partial charge in [-0.1, -0.05) is 54.1 Å². The third-order valence-corrected chi connectivity index (χ3v) is 8.16. The molecule has 3 amide bonds. The largest absolute Gasteiger partial charge is 0.324 e. The van der Waals surface area contributed by atoms with Crippen LogP contribution in [0.25, 0.3) is 10.8 Å². The Kier molecular flexibility index (Phi) is 3.62. The zero-order valence-electron chi connectivity index (χ0n) is 18.2. The minimum Gasteiger partial charge on any atom is -0.324 e. The van der Waals surface area contributed by atoms with Crippen molar-refractivity contribution in [1.82, 2.24) is 4.90 Å². The van der Waals surface area contributed by atoms with Gasteiger partial charge in [-0.3, -0.25) is 19.3 Å². The Morgan fingerprint density at radius 2 is 1.79 bits per heavy atom. The van der Waals surface area contributed by atoms with Crippen molar-refractivity contribution in [2.75, 3.05) is 16.8 Å². The molecule has 7 rings (SSSR count). The van der Waals surface area contributed by atoms with Crippen LogP contribution in [-0.4, -0.2) is 35.2 Å². The van der Waals surface area contributed by atoms with Crippen LogP contribution in [0.15, 0.2) is 60.7 Å². The molecule has 4 aliphatic heterocycles. The van der Waals surface area contributed by atoms with E-state index in [2.05, 4.69) is 10.2 Å². The van der Waals surface area contributed by atoms with Gasteiger partial charge >= 0.3 is 0 Å². The van der Waals surface area contributed by atoms with Gasteiger partial charge in [-0.25, -0.2) is 4.90 Å². The summed E-state index contributed by atoms with van der Waals surface area (Å²) < 4.78 is 0. The van der Waals surface area contributed by atoms with Crippen molar-refractivity contribution in [1.29, 1.82) is 0 Å². The number of nitrogens with zero attached hydrogens (tertiary/aromatic N) is 2. The fraction of sp³-hybridized carbons (Fsp3) is 0.296. The summed E-state index contributed by atoms with van der Waals surface area (Å²) in [6.45, 7) is 2.71. The lowest BCUT2D eigenvalue weighted by atomic mass is 9.75. The van der Waals surface area contributed by atoms with Crippen molar-refractivity contribution in [3.63, 3.8) is 0 Å². The number of anilines is 2. The number of carbonyl (C=O) groups is 3. The smallest absolute Gasteiger partial charge is 0.250 e. The second kappa shape index (κ2) is 6.29. The molecule has 3 aromatic rings. The van der Waals surface area contributed by atoms with E-state index >= 15 is 0 Å². The minimum absolute atomic E-state index is 0.108. The number of hydrogen-bond donors (Lipinski definition) is 1. The summed E-state index contributed by atoms with van der Waals surface area (Å²) in [4.78, 5) is 45.4. The lowest BCUT2D eigenvalue weighted by molar-refractivity contribution is -0.135. The molecule has 1 spiro atoms. The highest BCUT2D eigenvalue weighted by molar-refractivity contribution is 6.28. The first kappa shape index (κ1) is 19.0. The molecule has 4 aliphatic rings. The Morgan fingerprint density at radius 1 is 0.970 bits per heavy atom. The van der Waals surface area contributed by atoms with E-state index in [1.54, 1.807) is 0 Å². The van der Waals surface area contributed by atoms with E-state index in [9.17, 15) is 14.4 Å². The Bertz CT molecular complexity index is 1390. The standard InChI is InChI=1S/C27H23N3O3/c1-15-11-12-19-18(14-15)27(26(33)28-19)23-22(21-10-5-13-29(21)27)24(31)30(25(23)32)20-9-4-7-16-6-2-3-8-17(16)20/h2-4,6-9,11-12,14,21-23H,5,10,13H2,1H3,(H,28,33)/t21-,22+,23+,27-/m1/s1. The van der Waals surface area contributed by atoms with Crippen molar-refractivity contribution >= 4 is 39.9 Å². The predicted octanol–water partition coefficient (Wildman–Crippen LogP) is 3.58. The first-order chi connectivity index (χ1) is 16.0. The van der Waals surface area contributed by atoms with Crippen molar-refractivity contribution in [3.8, 4) is 0 Å². The van der Waals surface area contributed by atoms with Gasteiger partial charge in [0.05, 0.1) is 17.5 Å². The van der Waals surface area contributed by atoms with Crippen molar-refractivity contribution in [3.05, 3.63) is 71.8 Å². The maximum absolute atomic E-state index is 14.2. The van der Waals surface area contributed by atoms with Gasteiger partial charge in [-0.15, -0.1) is 0 Å². The zero-order chi connectivity index (χ0) is 22.5. The molecular formula is C27H23N3O3. The Hall–Kier alpha value is -3.51. The van der Waals surface area contributed by atoms with E-state index in [1.165, 1.54) is 4.90 Å². The molecule has 0 aliphatic carbocycles. The van der Waals surface area contributed by atoms with Crippen LogP contribution in [0.2, 0.25) is 0 Å². The van der Waals surface area contributed by atoms with Crippen LogP contribution in [-0.2, 0) is 19.9 Å². The van der Waals surface area contributed by atoms with Crippen LogP contribution in [0.3, 0.4) is 0 Å². The van der Waals surface area contributed by atoms with Crippen LogP contribution >= 0.6 is 0 Å². The zero-order valence-corrected chi connectivity index (χ0v) is 18.2. The maximum atomic E-state index is 14.2. The predicted molar refractivity (Wildman–Crippen MR) is 125 cm³/mol. The van der Waals surface area contributed by atoms with Gasteiger partial charge in [0.2, 0.25) is 17.7 Å². The fourth-order valence-corrected chi connectivity index (χ4v) is 6.96. The molecule has 3 aromatic carbocycles. The third-order valence-electron chi connectivity index (χ3n) is 8.16. The number of benzene rings is 3. The SMILES string of the molecule is Cc1ccc2c(c1)[C@]1(C(=O)N2)[C@@H]2C(=O)N(c3cccc4ccccc34)C(=O)[C@H]2[C@H]2CCCN21.